The third-order valence-electron chi connectivity index (χ3n) is 2.73. The number of anilines is 1. The molecule has 0 aliphatic carbocycles. The lowest BCUT2D eigenvalue weighted by Gasteiger charge is -2.11. The molecule has 2 aromatic rings. The van der Waals surface area contributed by atoms with Crippen LogP contribution in [0.25, 0.3) is 11.1 Å². The average molecular weight is 279 g/mol. The van der Waals surface area contributed by atoms with Gasteiger partial charge in [0.25, 0.3) is 0 Å². The van der Waals surface area contributed by atoms with Gasteiger partial charge in [-0.1, -0.05) is 0 Å². The van der Waals surface area contributed by atoms with Crippen molar-refractivity contribution in [2.75, 3.05) is 17.3 Å². The molecule has 1 atom stereocenters. The van der Waals surface area contributed by atoms with E-state index in [-0.39, 0.29) is 5.91 Å². The second-order valence-corrected chi connectivity index (χ2v) is 5.28. The maximum atomic E-state index is 11.9. The summed E-state index contributed by atoms with van der Waals surface area (Å²) < 4.78 is 5.42. The Morgan fingerprint density at radius 1 is 1.58 bits per heavy atom. The molecule has 0 saturated carbocycles. The number of fused-ring (bicyclic) bond motifs is 1. The maximum Gasteiger partial charge on any atom is 0.241 e. The van der Waals surface area contributed by atoms with Gasteiger partial charge in [0.1, 0.15) is 5.52 Å². The topological polar surface area (TPSA) is 81.2 Å². The number of amides is 1. The monoisotopic (exact) mass is 279 g/mol. The fourth-order valence-electron chi connectivity index (χ4n) is 1.73. The molecule has 0 unspecified atom stereocenters. The van der Waals surface area contributed by atoms with Gasteiger partial charge in [0.05, 0.1) is 6.04 Å². The van der Waals surface area contributed by atoms with Crippen LogP contribution in [0.1, 0.15) is 12.3 Å². The number of hydrogen-bond donors (Lipinski definition) is 2. The molecule has 3 N–H and O–H groups in total. The fourth-order valence-corrected chi connectivity index (χ4v) is 2.22. The lowest BCUT2D eigenvalue weighted by atomic mass is 10.2. The third kappa shape index (κ3) is 3.48. The molecule has 19 heavy (non-hydrogen) atoms. The summed E-state index contributed by atoms with van der Waals surface area (Å²) in [6.07, 6.45) is 2.65. The van der Waals surface area contributed by atoms with Gasteiger partial charge in [-0.2, -0.15) is 11.8 Å². The number of aromatic nitrogens is 1. The molecule has 1 heterocycles. The largest absolute Gasteiger partial charge is 0.441 e. The van der Waals surface area contributed by atoms with Crippen LogP contribution in [0.15, 0.2) is 22.6 Å². The van der Waals surface area contributed by atoms with Gasteiger partial charge >= 0.3 is 0 Å². The number of oxazole rings is 1. The van der Waals surface area contributed by atoms with Crippen molar-refractivity contribution < 1.29 is 9.21 Å². The van der Waals surface area contributed by atoms with E-state index in [0.717, 1.165) is 11.3 Å². The third-order valence-corrected chi connectivity index (χ3v) is 3.38. The smallest absolute Gasteiger partial charge is 0.241 e. The molecular formula is C13H17N3O2S. The normalized spacial score (nSPS) is 12.6. The summed E-state index contributed by atoms with van der Waals surface area (Å²) in [5.41, 5.74) is 7.92. The predicted molar refractivity (Wildman–Crippen MR) is 78.4 cm³/mol. The highest BCUT2D eigenvalue weighted by Crippen LogP contribution is 2.20. The zero-order chi connectivity index (χ0) is 13.8. The molecule has 2 rings (SSSR count). The highest BCUT2D eigenvalue weighted by Gasteiger charge is 2.13. The van der Waals surface area contributed by atoms with Crippen molar-refractivity contribution in [3.05, 3.63) is 24.1 Å². The van der Waals surface area contributed by atoms with Crippen molar-refractivity contribution in [2.45, 2.75) is 19.4 Å². The van der Waals surface area contributed by atoms with Gasteiger partial charge < -0.3 is 15.5 Å². The molecule has 0 fully saturated rings. The Hall–Kier alpha value is -1.53. The minimum Gasteiger partial charge on any atom is -0.441 e. The summed E-state index contributed by atoms with van der Waals surface area (Å²) in [7, 11) is 0. The quantitative estimate of drug-likeness (QED) is 0.876. The molecular weight excluding hydrogens is 262 g/mol. The van der Waals surface area contributed by atoms with E-state index in [1.807, 2.05) is 12.3 Å². The minimum atomic E-state index is -0.486. The summed E-state index contributed by atoms with van der Waals surface area (Å²) in [5, 5.41) is 2.79. The number of hydrogen-bond acceptors (Lipinski definition) is 5. The van der Waals surface area contributed by atoms with Gasteiger partial charge in [-0.15, -0.1) is 0 Å². The zero-order valence-corrected chi connectivity index (χ0v) is 11.8. The second kappa shape index (κ2) is 6.08. The zero-order valence-electron chi connectivity index (χ0n) is 11.0. The van der Waals surface area contributed by atoms with Crippen molar-refractivity contribution in [3.63, 3.8) is 0 Å². The van der Waals surface area contributed by atoms with Crippen LogP contribution < -0.4 is 11.1 Å². The number of rotatable bonds is 5. The first-order valence-electron chi connectivity index (χ1n) is 6.02. The molecule has 5 nitrogen and oxygen atoms in total. The van der Waals surface area contributed by atoms with Crippen molar-refractivity contribution >= 4 is 34.5 Å². The highest BCUT2D eigenvalue weighted by molar-refractivity contribution is 7.98. The molecule has 0 aliphatic heterocycles. The van der Waals surface area contributed by atoms with Crippen LogP contribution in [-0.2, 0) is 4.79 Å². The summed E-state index contributed by atoms with van der Waals surface area (Å²) in [6.45, 7) is 1.79. The van der Waals surface area contributed by atoms with Crippen LogP contribution in [0.3, 0.4) is 0 Å². The Labute approximate surface area is 115 Å². The number of thioether (sulfide) groups is 1. The van der Waals surface area contributed by atoms with Gasteiger partial charge in [0, 0.05) is 18.7 Å². The maximum absolute atomic E-state index is 11.9. The van der Waals surface area contributed by atoms with E-state index in [0.29, 0.717) is 23.6 Å². The Kier molecular flexibility index (Phi) is 4.44. The molecule has 0 bridgehead atoms. The summed E-state index contributed by atoms with van der Waals surface area (Å²) in [5.74, 6) is 1.30. The first kappa shape index (κ1) is 13.9. The SMILES string of the molecule is CSCC[C@H](N)C(=O)Nc1ccc2nc(C)oc2c1. The first-order chi connectivity index (χ1) is 9.10. The molecule has 0 aliphatic rings. The number of carbonyl (C=O) groups excluding carboxylic acids is 1. The van der Waals surface area contributed by atoms with E-state index >= 15 is 0 Å². The number of nitrogens with zero attached hydrogens (tertiary/aromatic N) is 1. The van der Waals surface area contributed by atoms with Crippen LogP contribution >= 0.6 is 11.8 Å². The van der Waals surface area contributed by atoms with Crippen molar-refractivity contribution in [3.8, 4) is 0 Å². The number of nitrogens with one attached hydrogen (secondary N) is 1. The van der Waals surface area contributed by atoms with Crippen molar-refractivity contribution in [1.82, 2.24) is 4.98 Å². The molecule has 0 spiro atoms. The van der Waals surface area contributed by atoms with Gasteiger partial charge in [-0.3, -0.25) is 4.79 Å². The number of benzene rings is 1. The standard InChI is InChI=1S/C13H17N3O2S/c1-8-15-11-4-3-9(7-12(11)18-8)16-13(17)10(14)5-6-19-2/h3-4,7,10H,5-6,14H2,1-2H3,(H,16,17)/t10-/m0/s1. The van der Waals surface area contributed by atoms with E-state index < -0.39 is 6.04 Å². The lowest BCUT2D eigenvalue weighted by molar-refractivity contribution is -0.117. The van der Waals surface area contributed by atoms with Gasteiger partial charge in [0.15, 0.2) is 11.5 Å². The fraction of sp³-hybridized carbons (Fsp3) is 0.385. The summed E-state index contributed by atoms with van der Waals surface area (Å²) in [6, 6.07) is 4.88. The minimum absolute atomic E-state index is 0.176. The van der Waals surface area contributed by atoms with Gasteiger partial charge in [-0.25, -0.2) is 4.98 Å². The number of aryl methyl sites for hydroxylation is 1. The first-order valence-corrected chi connectivity index (χ1v) is 7.42. The predicted octanol–water partition coefficient (Wildman–Crippen LogP) is 2.16. The van der Waals surface area contributed by atoms with Crippen LogP contribution in [-0.4, -0.2) is 28.9 Å². The highest BCUT2D eigenvalue weighted by atomic mass is 32.2. The number of nitrogens with two attached hydrogens (primary N) is 1. The average Bonchev–Trinajstić information content (AvgIpc) is 2.75. The van der Waals surface area contributed by atoms with E-state index in [1.54, 1.807) is 30.8 Å². The molecule has 6 heteroatoms. The van der Waals surface area contributed by atoms with Crippen LogP contribution in [0.2, 0.25) is 0 Å². The van der Waals surface area contributed by atoms with Crippen LogP contribution in [0.5, 0.6) is 0 Å². The van der Waals surface area contributed by atoms with E-state index in [4.69, 9.17) is 10.2 Å². The number of carbonyl (C=O) groups is 1. The second-order valence-electron chi connectivity index (χ2n) is 4.29. The van der Waals surface area contributed by atoms with Crippen molar-refractivity contribution in [1.29, 1.82) is 0 Å². The Balaban J connectivity index is 2.06. The van der Waals surface area contributed by atoms with Crippen molar-refractivity contribution in [2.24, 2.45) is 5.73 Å². The van der Waals surface area contributed by atoms with Gasteiger partial charge in [0.2, 0.25) is 5.91 Å². The van der Waals surface area contributed by atoms with Crippen LogP contribution in [0.4, 0.5) is 5.69 Å². The van der Waals surface area contributed by atoms with E-state index in [9.17, 15) is 4.79 Å². The van der Waals surface area contributed by atoms with E-state index in [1.165, 1.54) is 0 Å². The molecule has 1 aromatic carbocycles. The van der Waals surface area contributed by atoms with Crippen LogP contribution in [0, 0.1) is 6.92 Å². The molecule has 0 saturated heterocycles. The summed E-state index contributed by atoms with van der Waals surface area (Å²) in [4.78, 5) is 16.1. The van der Waals surface area contributed by atoms with E-state index in [2.05, 4.69) is 10.3 Å². The molecule has 1 amide bonds. The molecule has 1 aromatic heterocycles. The molecule has 102 valence electrons. The Morgan fingerprint density at radius 2 is 2.37 bits per heavy atom. The molecule has 0 radical (unpaired) electrons. The Morgan fingerprint density at radius 3 is 3.11 bits per heavy atom. The summed E-state index contributed by atoms with van der Waals surface area (Å²) >= 11 is 1.68. The lowest BCUT2D eigenvalue weighted by Crippen LogP contribution is -2.36. The Bertz CT molecular complexity index is 582. The van der Waals surface area contributed by atoms with Gasteiger partial charge in [-0.05, 0) is 30.6 Å².